The number of carbonyl (C=O) groups excluding carboxylic acids is 1. The summed E-state index contributed by atoms with van der Waals surface area (Å²) in [5, 5.41) is 12.7. The van der Waals surface area contributed by atoms with Gasteiger partial charge in [-0.2, -0.15) is 0 Å². The van der Waals surface area contributed by atoms with Crippen LogP contribution in [0.1, 0.15) is 39.4 Å². The van der Waals surface area contributed by atoms with Gasteiger partial charge in [0.1, 0.15) is 5.60 Å². The van der Waals surface area contributed by atoms with Crippen molar-refractivity contribution in [2.75, 3.05) is 5.32 Å². The first-order valence-corrected chi connectivity index (χ1v) is 6.04. The molecule has 0 aliphatic heterocycles. The number of ether oxygens (including phenoxy) is 1. The number of amides is 1. The van der Waals surface area contributed by atoms with Crippen molar-refractivity contribution in [2.45, 2.75) is 39.4 Å². The highest BCUT2D eigenvalue weighted by Crippen LogP contribution is 2.26. The number of hydrogen-bond acceptors (Lipinski definition) is 3. The molecule has 1 rings (SSSR count). The third-order valence-corrected chi connectivity index (χ3v) is 2.34. The van der Waals surface area contributed by atoms with Crippen molar-refractivity contribution < 1.29 is 14.6 Å². The third kappa shape index (κ3) is 4.55. The van der Waals surface area contributed by atoms with Crippen LogP contribution in [0, 0.1) is 0 Å². The van der Waals surface area contributed by atoms with Crippen LogP contribution in [-0.4, -0.2) is 16.8 Å². The maximum Gasteiger partial charge on any atom is 0.412 e. The molecule has 4 nitrogen and oxygen atoms in total. The number of benzene rings is 1. The topological polar surface area (TPSA) is 58.6 Å². The number of hydrogen-bond donors (Lipinski definition) is 2. The van der Waals surface area contributed by atoms with E-state index in [0.717, 1.165) is 0 Å². The molecule has 18 heavy (non-hydrogen) atoms. The van der Waals surface area contributed by atoms with Crippen LogP contribution in [0.4, 0.5) is 10.5 Å². The molecule has 1 amide bonds. The fourth-order valence-corrected chi connectivity index (χ4v) is 1.59. The molecule has 0 saturated carbocycles. The van der Waals surface area contributed by atoms with Gasteiger partial charge in [-0.1, -0.05) is 17.7 Å². The Morgan fingerprint density at radius 3 is 2.56 bits per heavy atom. The molecule has 0 aliphatic rings. The quantitative estimate of drug-likeness (QED) is 0.861. The van der Waals surface area contributed by atoms with Gasteiger partial charge in [-0.3, -0.25) is 5.32 Å². The summed E-state index contributed by atoms with van der Waals surface area (Å²) in [6.45, 7) is 6.95. The van der Waals surface area contributed by atoms with Gasteiger partial charge in [0.15, 0.2) is 0 Å². The Hall–Kier alpha value is -1.26. The summed E-state index contributed by atoms with van der Waals surface area (Å²) in [6, 6.07) is 4.90. The van der Waals surface area contributed by atoms with Crippen molar-refractivity contribution in [3.63, 3.8) is 0 Å². The van der Waals surface area contributed by atoms with E-state index in [1.165, 1.54) is 0 Å². The van der Waals surface area contributed by atoms with E-state index < -0.39 is 17.8 Å². The van der Waals surface area contributed by atoms with Crippen molar-refractivity contribution in [3.05, 3.63) is 28.8 Å². The van der Waals surface area contributed by atoms with Gasteiger partial charge >= 0.3 is 6.09 Å². The van der Waals surface area contributed by atoms with E-state index in [0.29, 0.717) is 16.3 Å². The zero-order valence-corrected chi connectivity index (χ0v) is 11.7. The van der Waals surface area contributed by atoms with Crippen LogP contribution in [0.3, 0.4) is 0 Å². The molecule has 0 saturated heterocycles. The molecule has 0 unspecified atom stereocenters. The summed E-state index contributed by atoms with van der Waals surface area (Å²) in [7, 11) is 0. The normalized spacial score (nSPS) is 13.0. The Balaban J connectivity index is 2.89. The Bertz CT molecular complexity index is 438. The van der Waals surface area contributed by atoms with E-state index in [-0.39, 0.29) is 0 Å². The largest absolute Gasteiger partial charge is 0.444 e. The summed E-state index contributed by atoms with van der Waals surface area (Å²) >= 11 is 5.86. The zero-order chi connectivity index (χ0) is 13.9. The van der Waals surface area contributed by atoms with E-state index in [2.05, 4.69) is 5.32 Å². The number of carbonyl (C=O) groups is 1. The zero-order valence-electron chi connectivity index (χ0n) is 11.0. The molecular weight excluding hydrogens is 254 g/mol. The first-order chi connectivity index (χ1) is 8.19. The van der Waals surface area contributed by atoms with E-state index in [1.807, 2.05) is 0 Å². The van der Waals surface area contributed by atoms with Crippen molar-refractivity contribution in [1.82, 2.24) is 0 Å². The molecule has 2 N–H and O–H groups in total. The fraction of sp³-hybridized carbons (Fsp3) is 0.462. The van der Waals surface area contributed by atoms with Crippen LogP contribution < -0.4 is 5.32 Å². The number of aliphatic hydroxyl groups excluding tert-OH is 1. The lowest BCUT2D eigenvalue weighted by atomic mass is 10.1. The summed E-state index contributed by atoms with van der Waals surface area (Å²) in [5.74, 6) is 0. The highest BCUT2D eigenvalue weighted by atomic mass is 35.5. The van der Waals surface area contributed by atoms with Gasteiger partial charge in [-0.15, -0.1) is 0 Å². The average Bonchev–Trinajstić information content (AvgIpc) is 2.13. The third-order valence-electron chi connectivity index (χ3n) is 2.10. The van der Waals surface area contributed by atoms with E-state index in [4.69, 9.17) is 16.3 Å². The monoisotopic (exact) mass is 271 g/mol. The minimum atomic E-state index is -0.702. The summed E-state index contributed by atoms with van der Waals surface area (Å²) in [6.07, 6.45) is -1.28. The summed E-state index contributed by atoms with van der Waals surface area (Å²) in [4.78, 5) is 11.7. The van der Waals surface area contributed by atoms with Crippen LogP contribution in [0.5, 0.6) is 0 Å². The highest BCUT2D eigenvalue weighted by molar-refractivity contribution is 6.31. The molecular formula is C13H18ClNO3. The van der Waals surface area contributed by atoms with E-state index in [1.54, 1.807) is 45.9 Å². The van der Waals surface area contributed by atoms with Gasteiger partial charge in [0.2, 0.25) is 0 Å². The highest BCUT2D eigenvalue weighted by Gasteiger charge is 2.18. The lowest BCUT2D eigenvalue weighted by molar-refractivity contribution is 0.0635. The number of nitrogens with one attached hydrogen (secondary N) is 1. The molecule has 0 aromatic heterocycles. The fourth-order valence-electron chi connectivity index (χ4n) is 1.41. The van der Waals surface area contributed by atoms with E-state index >= 15 is 0 Å². The Morgan fingerprint density at radius 2 is 2.06 bits per heavy atom. The SMILES string of the molecule is C[C@@H](O)c1ccc(Cl)cc1NC(=O)OC(C)(C)C. The lowest BCUT2D eigenvalue weighted by Crippen LogP contribution is -2.27. The molecule has 0 bridgehead atoms. The van der Waals surface area contributed by atoms with Gasteiger partial charge in [-0.05, 0) is 39.8 Å². The van der Waals surface area contributed by atoms with E-state index in [9.17, 15) is 9.90 Å². The number of halogens is 1. The molecule has 5 heteroatoms. The van der Waals surface area contributed by atoms with Gasteiger partial charge in [0.05, 0.1) is 11.8 Å². The molecule has 0 aliphatic carbocycles. The maximum atomic E-state index is 11.7. The van der Waals surface area contributed by atoms with Crippen molar-refractivity contribution in [1.29, 1.82) is 0 Å². The van der Waals surface area contributed by atoms with Crippen LogP contribution in [0.15, 0.2) is 18.2 Å². The Morgan fingerprint density at radius 1 is 1.44 bits per heavy atom. The summed E-state index contributed by atoms with van der Waals surface area (Å²) < 4.78 is 5.14. The lowest BCUT2D eigenvalue weighted by Gasteiger charge is -2.21. The molecule has 1 aromatic rings. The van der Waals surface area contributed by atoms with Gasteiger partial charge in [0, 0.05) is 10.6 Å². The van der Waals surface area contributed by atoms with Crippen LogP contribution in [0.25, 0.3) is 0 Å². The predicted molar refractivity (Wildman–Crippen MR) is 71.9 cm³/mol. The molecule has 1 atom stereocenters. The average molecular weight is 272 g/mol. The Labute approximate surface area is 112 Å². The molecule has 0 radical (unpaired) electrons. The van der Waals surface area contributed by atoms with Crippen molar-refractivity contribution in [3.8, 4) is 0 Å². The second-order valence-corrected chi connectivity index (χ2v) is 5.47. The first-order valence-electron chi connectivity index (χ1n) is 5.66. The van der Waals surface area contributed by atoms with Crippen LogP contribution in [-0.2, 0) is 4.74 Å². The van der Waals surface area contributed by atoms with Gasteiger partial charge < -0.3 is 9.84 Å². The minimum Gasteiger partial charge on any atom is -0.444 e. The van der Waals surface area contributed by atoms with Crippen LogP contribution in [0.2, 0.25) is 5.02 Å². The molecule has 0 spiro atoms. The number of aliphatic hydroxyl groups is 1. The smallest absolute Gasteiger partial charge is 0.412 e. The molecule has 100 valence electrons. The number of rotatable bonds is 2. The van der Waals surface area contributed by atoms with Crippen molar-refractivity contribution >= 4 is 23.4 Å². The second kappa shape index (κ2) is 5.59. The summed E-state index contributed by atoms with van der Waals surface area (Å²) in [5.41, 5.74) is 0.463. The van der Waals surface area contributed by atoms with Gasteiger partial charge in [0.25, 0.3) is 0 Å². The molecule has 0 heterocycles. The van der Waals surface area contributed by atoms with Crippen molar-refractivity contribution in [2.24, 2.45) is 0 Å². The van der Waals surface area contributed by atoms with Crippen LogP contribution >= 0.6 is 11.6 Å². The number of anilines is 1. The standard InChI is InChI=1S/C13H18ClNO3/c1-8(16)10-6-5-9(14)7-11(10)15-12(17)18-13(2,3)4/h5-8,16H,1-4H3,(H,15,17)/t8-/m1/s1. The Kier molecular flexibility index (Phi) is 4.59. The molecule has 1 aromatic carbocycles. The molecule has 0 fully saturated rings. The maximum absolute atomic E-state index is 11.7. The minimum absolute atomic E-state index is 0.451. The van der Waals surface area contributed by atoms with Gasteiger partial charge in [-0.25, -0.2) is 4.79 Å². The first kappa shape index (κ1) is 14.8. The second-order valence-electron chi connectivity index (χ2n) is 5.03. The predicted octanol–water partition coefficient (Wildman–Crippen LogP) is 3.74.